The third-order valence-electron chi connectivity index (χ3n) is 2.82. The molecule has 2 rings (SSSR count). The van der Waals surface area contributed by atoms with Crippen molar-refractivity contribution in [3.05, 3.63) is 59.7 Å². The number of ether oxygens (including phenoxy) is 2. The Morgan fingerprint density at radius 3 is 2.36 bits per heavy atom. The molecule has 0 aliphatic heterocycles. The Bertz CT molecular complexity index is 666. The fourth-order valence-corrected chi connectivity index (χ4v) is 1.82. The highest BCUT2D eigenvalue weighted by Gasteiger charge is 2.14. The summed E-state index contributed by atoms with van der Waals surface area (Å²) >= 11 is 0. The predicted molar refractivity (Wildman–Crippen MR) is 75.5 cm³/mol. The number of benzene rings is 2. The maximum absolute atomic E-state index is 12.2. The van der Waals surface area contributed by atoms with E-state index in [1.807, 2.05) is 0 Å². The van der Waals surface area contributed by atoms with Crippen molar-refractivity contribution < 1.29 is 29.3 Å². The smallest absolute Gasteiger partial charge is 0.507 e. The topological polar surface area (TPSA) is 92.7 Å². The minimum Gasteiger partial charge on any atom is -0.507 e. The highest BCUT2D eigenvalue weighted by molar-refractivity contribution is 6.10. The van der Waals surface area contributed by atoms with Gasteiger partial charge in [-0.15, -0.1) is 0 Å². The Morgan fingerprint density at radius 1 is 1.00 bits per heavy atom. The molecule has 2 aromatic carbocycles. The van der Waals surface area contributed by atoms with Crippen LogP contribution in [0.25, 0.3) is 0 Å². The molecule has 1 radical (unpaired) electrons. The molecule has 0 fully saturated rings. The Balaban J connectivity index is 2.03. The number of ketones is 1. The molecule has 0 atom stereocenters. The van der Waals surface area contributed by atoms with Crippen molar-refractivity contribution in [1.29, 1.82) is 0 Å². The molecule has 6 heteroatoms. The van der Waals surface area contributed by atoms with Crippen LogP contribution in [0.1, 0.15) is 15.9 Å². The zero-order valence-electron chi connectivity index (χ0n) is 11.5. The third-order valence-corrected chi connectivity index (χ3v) is 2.82. The zero-order chi connectivity index (χ0) is 15.9. The molecule has 0 aromatic heterocycles. The first-order valence-corrected chi connectivity index (χ1v) is 6.47. The number of rotatable bonds is 6. The van der Waals surface area contributed by atoms with Gasteiger partial charge in [0.25, 0.3) is 0 Å². The largest absolute Gasteiger partial charge is 0.550 e. The highest BCUT2D eigenvalue weighted by atomic mass is 16.7. The van der Waals surface area contributed by atoms with E-state index in [0.717, 1.165) is 0 Å². The molecule has 0 saturated heterocycles. The van der Waals surface area contributed by atoms with Crippen LogP contribution < -0.4 is 4.74 Å². The monoisotopic (exact) mass is 301 g/mol. The Labute approximate surface area is 126 Å². The lowest BCUT2D eigenvalue weighted by Crippen LogP contribution is -2.09. The van der Waals surface area contributed by atoms with E-state index in [1.54, 1.807) is 30.3 Å². The van der Waals surface area contributed by atoms with Crippen LogP contribution in [-0.2, 0) is 9.84 Å². The van der Waals surface area contributed by atoms with Gasteiger partial charge in [-0.25, -0.2) is 0 Å². The van der Waals surface area contributed by atoms with Crippen LogP contribution in [-0.4, -0.2) is 30.3 Å². The maximum atomic E-state index is 12.2. The number of phenolic OH excluding ortho intramolecular Hbond substituents is 1. The van der Waals surface area contributed by atoms with E-state index in [1.165, 1.54) is 18.2 Å². The third kappa shape index (κ3) is 3.99. The summed E-state index contributed by atoms with van der Waals surface area (Å²) in [5, 5.41) is 20.0. The molecule has 22 heavy (non-hydrogen) atoms. The zero-order valence-corrected chi connectivity index (χ0v) is 11.5. The summed E-state index contributed by atoms with van der Waals surface area (Å²) in [6.07, 6.45) is -1.63. The number of hydrogen-bond donors (Lipinski definition) is 1. The van der Waals surface area contributed by atoms with Gasteiger partial charge in [0.1, 0.15) is 24.7 Å². The van der Waals surface area contributed by atoms with Gasteiger partial charge in [-0.1, -0.05) is 30.3 Å². The van der Waals surface area contributed by atoms with Crippen molar-refractivity contribution in [1.82, 2.24) is 0 Å². The molecule has 6 nitrogen and oxygen atoms in total. The Morgan fingerprint density at radius 2 is 1.73 bits per heavy atom. The quantitative estimate of drug-likeness (QED) is 0.503. The maximum Gasteiger partial charge on any atom is 0.550 e. The summed E-state index contributed by atoms with van der Waals surface area (Å²) in [4.78, 5) is 22.3. The normalized spacial score (nSPS) is 10.0. The second kappa shape index (κ2) is 7.12. The Kier molecular flexibility index (Phi) is 4.98. The van der Waals surface area contributed by atoms with Crippen molar-refractivity contribution >= 4 is 11.9 Å². The number of hydrogen-bond acceptors (Lipinski definition) is 5. The standard InChI is InChI=1S/C16H13O6/c17-14-10-12(21-8-9-22-16(19)20)6-7-13(14)15(18)11-4-2-1-3-5-11/h1-7,10,17H,8-9H2. The number of phenols is 1. The van der Waals surface area contributed by atoms with Crippen LogP contribution in [0.2, 0.25) is 0 Å². The van der Waals surface area contributed by atoms with Gasteiger partial charge in [0.15, 0.2) is 5.78 Å². The second-order valence-corrected chi connectivity index (χ2v) is 4.32. The molecule has 0 unspecified atom stereocenters. The van der Waals surface area contributed by atoms with E-state index in [0.29, 0.717) is 11.3 Å². The molecule has 0 saturated carbocycles. The lowest BCUT2D eigenvalue weighted by molar-refractivity contribution is 0.0569. The van der Waals surface area contributed by atoms with Crippen molar-refractivity contribution in [3.8, 4) is 11.5 Å². The summed E-state index contributed by atoms with van der Waals surface area (Å²) in [6, 6.07) is 12.8. The lowest BCUT2D eigenvalue weighted by Gasteiger charge is -2.08. The van der Waals surface area contributed by atoms with Gasteiger partial charge in [0, 0.05) is 11.6 Å². The van der Waals surface area contributed by atoms with Gasteiger partial charge in [-0.3, -0.25) is 4.79 Å². The van der Waals surface area contributed by atoms with Crippen LogP contribution >= 0.6 is 0 Å². The summed E-state index contributed by atoms with van der Waals surface area (Å²) in [5.41, 5.74) is 0.623. The summed E-state index contributed by atoms with van der Waals surface area (Å²) in [5.74, 6) is -0.221. The molecule has 0 aliphatic carbocycles. The van der Waals surface area contributed by atoms with Crippen LogP contribution in [0, 0.1) is 0 Å². The van der Waals surface area contributed by atoms with E-state index >= 15 is 0 Å². The van der Waals surface area contributed by atoms with E-state index in [4.69, 9.17) is 4.74 Å². The van der Waals surface area contributed by atoms with Gasteiger partial charge in [-0.2, -0.15) is 9.90 Å². The molecular weight excluding hydrogens is 288 g/mol. The fraction of sp³-hybridized carbons (Fsp3) is 0.125. The van der Waals surface area contributed by atoms with Crippen molar-refractivity contribution in [2.75, 3.05) is 13.2 Å². The first-order chi connectivity index (χ1) is 10.6. The molecule has 0 bridgehead atoms. The van der Waals surface area contributed by atoms with E-state index in [-0.39, 0.29) is 30.3 Å². The van der Waals surface area contributed by atoms with Crippen molar-refractivity contribution in [2.24, 2.45) is 0 Å². The Hall–Kier alpha value is -3.02. The van der Waals surface area contributed by atoms with Gasteiger partial charge in [-0.05, 0) is 12.1 Å². The second-order valence-electron chi connectivity index (χ2n) is 4.32. The molecule has 0 spiro atoms. The summed E-state index contributed by atoms with van der Waals surface area (Å²) in [7, 11) is 0. The van der Waals surface area contributed by atoms with Crippen LogP contribution in [0.15, 0.2) is 48.5 Å². The van der Waals surface area contributed by atoms with Gasteiger partial charge in [0.05, 0.1) is 5.56 Å². The van der Waals surface area contributed by atoms with Crippen LogP contribution in [0.3, 0.4) is 0 Å². The van der Waals surface area contributed by atoms with E-state index in [2.05, 4.69) is 4.74 Å². The number of carbonyl (C=O) groups is 2. The molecule has 0 amide bonds. The minimum absolute atomic E-state index is 0.0284. The summed E-state index contributed by atoms with van der Waals surface area (Å²) in [6.45, 7) is -0.215. The molecule has 0 aliphatic rings. The van der Waals surface area contributed by atoms with Crippen LogP contribution in [0.5, 0.6) is 11.5 Å². The highest BCUT2D eigenvalue weighted by Crippen LogP contribution is 2.25. The van der Waals surface area contributed by atoms with Crippen LogP contribution in [0.4, 0.5) is 4.79 Å². The fourth-order valence-electron chi connectivity index (χ4n) is 1.82. The molecule has 1 N–H and O–H groups in total. The molecule has 0 heterocycles. The summed E-state index contributed by atoms with van der Waals surface area (Å²) < 4.78 is 9.37. The molecular formula is C16H13O6. The first-order valence-electron chi connectivity index (χ1n) is 6.47. The van der Waals surface area contributed by atoms with Gasteiger partial charge < -0.3 is 14.6 Å². The molecule has 2 aromatic rings. The lowest BCUT2D eigenvalue weighted by atomic mass is 10.0. The molecule has 113 valence electrons. The SMILES string of the molecule is [O]C(=O)OCCOc1ccc(C(=O)c2ccccc2)c(O)c1. The average Bonchev–Trinajstić information content (AvgIpc) is 2.52. The van der Waals surface area contributed by atoms with Crippen molar-refractivity contribution in [3.63, 3.8) is 0 Å². The van der Waals surface area contributed by atoms with Crippen molar-refractivity contribution in [2.45, 2.75) is 0 Å². The first kappa shape index (κ1) is 15.4. The minimum atomic E-state index is -1.63. The van der Waals surface area contributed by atoms with Gasteiger partial charge >= 0.3 is 6.16 Å². The predicted octanol–water partition coefficient (Wildman–Crippen LogP) is 2.57. The van der Waals surface area contributed by atoms with E-state index in [9.17, 15) is 19.8 Å². The average molecular weight is 301 g/mol. The number of aromatic hydroxyl groups is 1. The van der Waals surface area contributed by atoms with Gasteiger partial charge in [0.2, 0.25) is 0 Å². The van der Waals surface area contributed by atoms with E-state index < -0.39 is 6.16 Å². The number of carbonyl (C=O) groups excluding carboxylic acids is 2.